The lowest BCUT2D eigenvalue weighted by molar-refractivity contribution is -0.142. The fourth-order valence-corrected chi connectivity index (χ4v) is 1.58. The molecular formula is C11H12ClF2NO2. The number of esters is 1. The Bertz CT molecular complexity index is 424. The Morgan fingerprint density at radius 1 is 1.59 bits per heavy atom. The second kappa shape index (κ2) is 5.91. The van der Waals surface area contributed by atoms with E-state index in [0.717, 1.165) is 0 Å². The molecule has 0 bridgehead atoms. The van der Waals surface area contributed by atoms with Gasteiger partial charge in [0.2, 0.25) is 0 Å². The van der Waals surface area contributed by atoms with Crippen LogP contribution in [0.5, 0.6) is 0 Å². The van der Waals surface area contributed by atoms with Crippen molar-refractivity contribution in [2.24, 2.45) is 0 Å². The fourth-order valence-electron chi connectivity index (χ4n) is 1.33. The smallest absolute Gasteiger partial charge is 0.310 e. The van der Waals surface area contributed by atoms with Crippen LogP contribution < -0.4 is 0 Å². The van der Waals surface area contributed by atoms with Gasteiger partial charge in [-0.3, -0.25) is 9.78 Å². The second-order valence-electron chi connectivity index (χ2n) is 3.39. The molecule has 17 heavy (non-hydrogen) atoms. The van der Waals surface area contributed by atoms with Crippen LogP contribution in [0.25, 0.3) is 0 Å². The number of halogens is 3. The van der Waals surface area contributed by atoms with E-state index >= 15 is 0 Å². The van der Waals surface area contributed by atoms with E-state index in [-0.39, 0.29) is 18.1 Å². The molecule has 0 N–H and O–H groups in total. The Morgan fingerprint density at radius 3 is 2.76 bits per heavy atom. The van der Waals surface area contributed by atoms with Gasteiger partial charge in [0.1, 0.15) is 5.69 Å². The molecule has 0 fully saturated rings. The van der Waals surface area contributed by atoms with Crippen molar-refractivity contribution in [3.63, 3.8) is 0 Å². The molecule has 1 rings (SSSR count). The number of nitrogens with zero attached hydrogens (tertiary/aromatic N) is 1. The van der Waals surface area contributed by atoms with E-state index < -0.39 is 18.1 Å². The van der Waals surface area contributed by atoms with Crippen LogP contribution in [0.4, 0.5) is 8.78 Å². The summed E-state index contributed by atoms with van der Waals surface area (Å²) >= 11 is 5.76. The van der Waals surface area contributed by atoms with Gasteiger partial charge in [-0.2, -0.15) is 0 Å². The average Bonchev–Trinajstić information content (AvgIpc) is 2.25. The van der Waals surface area contributed by atoms with E-state index in [9.17, 15) is 13.6 Å². The van der Waals surface area contributed by atoms with Gasteiger partial charge < -0.3 is 4.74 Å². The molecule has 0 saturated heterocycles. The van der Waals surface area contributed by atoms with Crippen LogP contribution in [0.3, 0.4) is 0 Å². The van der Waals surface area contributed by atoms with Crippen molar-refractivity contribution in [3.05, 3.63) is 28.0 Å². The molecule has 3 nitrogen and oxygen atoms in total. The lowest BCUT2D eigenvalue weighted by Gasteiger charge is -2.10. The summed E-state index contributed by atoms with van der Waals surface area (Å²) in [6, 6.07) is 0. The quantitative estimate of drug-likeness (QED) is 0.784. The number of pyridine rings is 1. The maximum absolute atomic E-state index is 12.5. The fraction of sp³-hybridized carbons (Fsp3) is 0.455. The highest BCUT2D eigenvalue weighted by molar-refractivity contribution is 6.32. The zero-order chi connectivity index (χ0) is 13.0. The van der Waals surface area contributed by atoms with Gasteiger partial charge >= 0.3 is 5.97 Å². The molecule has 0 aromatic carbocycles. The molecule has 0 saturated carbocycles. The highest BCUT2D eigenvalue weighted by Gasteiger charge is 2.18. The number of alkyl halides is 2. The lowest BCUT2D eigenvalue weighted by atomic mass is 10.1. The third-order valence-electron chi connectivity index (χ3n) is 2.24. The first-order valence-electron chi connectivity index (χ1n) is 5.05. The lowest BCUT2D eigenvalue weighted by Crippen LogP contribution is -2.10. The minimum absolute atomic E-state index is 0.0179. The summed E-state index contributed by atoms with van der Waals surface area (Å²) in [6.07, 6.45) is -1.51. The predicted molar refractivity (Wildman–Crippen MR) is 59.3 cm³/mol. The monoisotopic (exact) mass is 263 g/mol. The largest absolute Gasteiger partial charge is 0.466 e. The molecule has 0 spiro atoms. The topological polar surface area (TPSA) is 39.2 Å². The van der Waals surface area contributed by atoms with Gasteiger partial charge in [0.15, 0.2) is 0 Å². The summed E-state index contributed by atoms with van der Waals surface area (Å²) in [7, 11) is 0. The van der Waals surface area contributed by atoms with E-state index in [2.05, 4.69) is 4.98 Å². The van der Waals surface area contributed by atoms with Crippen LogP contribution in [0.2, 0.25) is 5.02 Å². The number of aromatic nitrogens is 1. The van der Waals surface area contributed by atoms with E-state index in [1.54, 1.807) is 13.8 Å². The van der Waals surface area contributed by atoms with Gasteiger partial charge in [0, 0.05) is 6.20 Å². The van der Waals surface area contributed by atoms with Crippen LogP contribution >= 0.6 is 11.6 Å². The van der Waals surface area contributed by atoms with Crippen LogP contribution in [-0.2, 0) is 16.0 Å². The average molecular weight is 264 g/mol. The first kappa shape index (κ1) is 13.8. The van der Waals surface area contributed by atoms with Gasteiger partial charge in [-0.25, -0.2) is 8.78 Å². The number of carbonyl (C=O) groups is 1. The number of rotatable bonds is 4. The zero-order valence-electron chi connectivity index (χ0n) is 9.47. The van der Waals surface area contributed by atoms with Crippen molar-refractivity contribution < 1.29 is 18.3 Å². The van der Waals surface area contributed by atoms with Crippen molar-refractivity contribution in [2.45, 2.75) is 26.7 Å². The van der Waals surface area contributed by atoms with Gasteiger partial charge in [-0.1, -0.05) is 11.6 Å². The molecule has 94 valence electrons. The third-order valence-corrected chi connectivity index (χ3v) is 2.72. The Morgan fingerprint density at radius 2 is 2.24 bits per heavy atom. The van der Waals surface area contributed by atoms with Crippen LogP contribution in [0, 0.1) is 6.92 Å². The molecule has 1 aromatic heterocycles. The van der Waals surface area contributed by atoms with Crippen LogP contribution in [0.15, 0.2) is 6.20 Å². The molecule has 1 aromatic rings. The maximum Gasteiger partial charge on any atom is 0.310 e. The first-order valence-corrected chi connectivity index (χ1v) is 5.42. The number of hydrogen-bond donors (Lipinski definition) is 0. The molecule has 0 atom stereocenters. The van der Waals surface area contributed by atoms with Crippen LogP contribution in [0.1, 0.15) is 30.2 Å². The molecule has 6 heteroatoms. The third kappa shape index (κ3) is 3.36. The molecular weight excluding hydrogens is 252 g/mol. The summed E-state index contributed by atoms with van der Waals surface area (Å²) in [4.78, 5) is 14.8. The summed E-state index contributed by atoms with van der Waals surface area (Å²) in [5, 5.41) is -0.0956. The van der Waals surface area contributed by atoms with E-state index in [1.807, 2.05) is 0 Å². The predicted octanol–water partition coefficient (Wildman–Crippen LogP) is 3.09. The van der Waals surface area contributed by atoms with E-state index in [0.29, 0.717) is 11.1 Å². The summed E-state index contributed by atoms with van der Waals surface area (Å²) in [5.41, 5.74) is 0.472. The van der Waals surface area contributed by atoms with Gasteiger partial charge in [0.05, 0.1) is 18.1 Å². The van der Waals surface area contributed by atoms with Crippen molar-refractivity contribution in [2.75, 3.05) is 6.61 Å². The standard InChI is InChI=1S/C11H12ClF2NO2/c1-3-17-8(16)4-7-5-15-10(11(13)14)9(12)6(7)2/h5,11H,3-4H2,1-2H3. The van der Waals surface area contributed by atoms with Gasteiger partial charge in [-0.15, -0.1) is 0 Å². The summed E-state index contributed by atoms with van der Waals surface area (Å²) in [6.45, 7) is 3.54. The Kier molecular flexibility index (Phi) is 4.81. The highest BCUT2D eigenvalue weighted by Crippen LogP contribution is 2.29. The summed E-state index contributed by atoms with van der Waals surface area (Å²) < 4.78 is 29.7. The van der Waals surface area contributed by atoms with Gasteiger partial charge in [-0.05, 0) is 25.0 Å². The Labute approximate surface area is 103 Å². The minimum atomic E-state index is -2.72. The molecule has 0 unspecified atom stereocenters. The number of hydrogen-bond acceptors (Lipinski definition) is 3. The molecule has 0 amide bonds. The van der Waals surface area contributed by atoms with Crippen molar-refractivity contribution >= 4 is 17.6 Å². The number of carbonyl (C=O) groups excluding carboxylic acids is 1. The zero-order valence-corrected chi connectivity index (χ0v) is 10.2. The van der Waals surface area contributed by atoms with Crippen molar-refractivity contribution in [3.8, 4) is 0 Å². The Hall–Kier alpha value is -1.23. The molecule has 0 aliphatic rings. The molecule has 0 aliphatic carbocycles. The van der Waals surface area contributed by atoms with E-state index in [1.165, 1.54) is 6.20 Å². The van der Waals surface area contributed by atoms with Crippen molar-refractivity contribution in [1.29, 1.82) is 0 Å². The molecule has 1 heterocycles. The first-order chi connectivity index (χ1) is 7.97. The van der Waals surface area contributed by atoms with Gasteiger partial charge in [0.25, 0.3) is 6.43 Å². The maximum atomic E-state index is 12.5. The van der Waals surface area contributed by atoms with Crippen LogP contribution in [-0.4, -0.2) is 17.6 Å². The second-order valence-corrected chi connectivity index (χ2v) is 3.77. The normalized spacial score (nSPS) is 10.7. The number of ether oxygens (including phenoxy) is 1. The highest BCUT2D eigenvalue weighted by atomic mass is 35.5. The molecule has 0 aliphatic heterocycles. The SMILES string of the molecule is CCOC(=O)Cc1cnc(C(F)F)c(Cl)c1C. The van der Waals surface area contributed by atoms with E-state index in [4.69, 9.17) is 16.3 Å². The Balaban J connectivity index is 2.96. The molecule has 0 radical (unpaired) electrons. The van der Waals surface area contributed by atoms with Crippen molar-refractivity contribution in [1.82, 2.24) is 4.98 Å². The summed E-state index contributed by atoms with van der Waals surface area (Å²) in [5.74, 6) is -0.432. The minimum Gasteiger partial charge on any atom is -0.466 e.